The Bertz CT molecular complexity index is 268. The maximum Gasteiger partial charge on any atom is 0.164 e. The van der Waals surface area contributed by atoms with Crippen molar-refractivity contribution >= 4 is 17.3 Å². The number of nitrogens with one attached hydrogen (secondary N) is 1. The summed E-state index contributed by atoms with van der Waals surface area (Å²) in [6, 6.07) is 0. The van der Waals surface area contributed by atoms with Gasteiger partial charge in [0, 0.05) is 18.9 Å². The van der Waals surface area contributed by atoms with E-state index in [1.807, 2.05) is 10.8 Å². The molecule has 0 aliphatic rings. The van der Waals surface area contributed by atoms with Gasteiger partial charge in [-0.05, 0) is 19.1 Å². The number of rotatable bonds is 3. The van der Waals surface area contributed by atoms with Crippen molar-refractivity contribution < 1.29 is 0 Å². The molecule has 0 aliphatic heterocycles. The van der Waals surface area contributed by atoms with Crippen LogP contribution in [0.2, 0.25) is 0 Å². The van der Waals surface area contributed by atoms with Crippen molar-refractivity contribution in [3.05, 3.63) is 18.2 Å². The third-order valence-corrected chi connectivity index (χ3v) is 1.71. The van der Waals surface area contributed by atoms with Gasteiger partial charge in [-0.2, -0.15) is 0 Å². The molecule has 0 amide bonds. The van der Waals surface area contributed by atoms with Gasteiger partial charge < -0.3 is 15.6 Å². The minimum atomic E-state index is 0.306. The van der Waals surface area contributed by atoms with Crippen LogP contribution in [-0.4, -0.2) is 14.7 Å². The third kappa shape index (κ3) is 2.20. The number of aromatic nitrogens is 2. The molecular formula is C7H12N4S. The molecule has 1 heterocycles. The lowest BCUT2D eigenvalue weighted by molar-refractivity contribution is 0.679. The smallest absolute Gasteiger partial charge is 0.164 e. The first-order chi connectivity index (χ1) is 5.74. The van der Waals surface area contributed by atoms with Crippen molar-refractivity contribution in [2.24, 2.45) is 5.73 Å². The van der Waals surface area contributed by atoms with E-state index < -0.39 is 0 Å². The molecule has 0 aliphatic carbocycles. The van der Waals surface area contributed by atoms with Crippen molar-refractivity contribution in [3.8, 4) is 0 Å². The average molecular weight is 184 g/mol. The fraction of sp³-hybridized carbons (Fsp3) is 0.429. The van der Waals surface area contributed by atoms with Gasteiger partial charge in [-0.25, -0.2) is 4.98 Å². The number of hydrogen-bond acceptors (Lipinski definition) is 2. The molecule has 0 radical (unpaired) electrons. The zero-order chi connectivity index (χ0) is 8.97. The highest BCUT2D eigenvalue weighted by atomic mass is 32.1. The molecule has 1 aromatic heterocycles. The van der Waals surface area contributed by atoms with Crippen LogP contribution in [0.15, 0.2) is 12.4 Å². The summed E-state index contributed by atoms with van der Waals surface area (Å²) in [6.45, 7) is 3.57. The van der Waals surface area contributed by atoms with E-state index in [4.69, 9.17) is 5.73 Å². The van der Waals surface area contributed by atoms with Gasteiger partial charge in [-0.1, -0.05) is 0 Å². The molecule has 3 N–H and O–H groups in total. The monoisotopic (exact) mass is 184 g/mol. The Labute approximate surface area is 76.8 Å². The van der Waals surface area contributed by atoms with Gasteiger partial charge in [-0.3, -0.25) is 0 Å². The van der Waals surface area contributed by atoms with Gasteiger partial charge in [0.1, 0.15) is 5.82 Å². The van der Waals surface area contributed by atoms with Crippen LogP contribution in [0.3, 0.4) is 0 Å². The molecule has 0 atom stereocenters. The summed E-state index contributed by atoms with van der Waals surface area (Å²) < 4.78 is 2.03. The predicted octanol–water partition coefficient (Wildman–Crippen LogP) is 0.236. The van der Waals surface area contributed by atoms with Crippen molar-refractivity contribution in [2.45, 2.75) is 20.0 Å². The fourth-order valence-corrected chi connectivity index (χ4v) is 1.03. The van der Waals surface area contributed by atoms with Gasteiger partial charge in [0.2, 0.25) is 0 Å². The maximum absolute atomic E-state index is 5.28. The molecule has 1 rings (SSSR count). The molecule has 1 aromatic rings. The van der Waals surface area contributed by atoms with Crippen LogP contribution in [0, 0.1) is 0 Å². The topological polar surface area (TPSA) is 55.9 Å². The number of nitrogens with two attached hydrogens (primary N) is 1. The maximum atomic E-state index is 5.28. The minimum Gasteiger partial charge on any atom is -0.376 e. The molecule has 4 nitrogen and oxygen atoms in total. The fourth-order valence-electron chi connectivity index (χ4n) is 0.961. The lowest BCUT2D eigenvalue weighted by Gasteiger charge is -2.05. The van der Waals surface area contributed by atoms with E-state index in [9.17, 15) is 0 Å². The van der Waals surface area contributed by atoms with Crippen LogP contribution in [0.1, 0.15) is 12.7 Å². The van der Waals surface area contributed by atoms with Crippen molar-refractivity contribution in [1.82, 2.24) is 14.9 Å². The number of thiocarbonyl (C=S) groups is 1. The summed E-state index contributed by atoms with van der Waals surface area (Å²) in [4.78, 5) is 4.14. The first kappa shape index (κ1) is 8.99. The second kappa shape index (κ2) is 4.06. The Morgan fingerprint density at radius 3 is 3.17 bits per heavy atom. The summed E-state index contributed by atoms with van der Waals surface area (Å²) in [5.74, 6) is 0.949. The summed E-state index contributed by atoms with van der Waals surface area (Å²) in [7, 11) is 0. The quantitative estimate of drug-likeness (QED) is 0.661. The second-order valence-corrected chi connectivity index (χ2v) is 2.79. The van der Waals surface area contributed by atoms with E-state index in [1.54, 1.807) is 6.20 Å². The summed E-state index contributed by atoms with van der Waals surface area (Å²) >= 11 is 4.68. The number of nitrogens with zero attached hydrogens (tertiary/aromatic N) is 2. The second-order valence-electron chi connectivity index (χ2n) is 2.35. The molecule has 12 heavy (non-hydrogen) atoms. The van der Waals surface area contributed by atoms with Crippen LogP contribution in [0.25, 0.3) is 0 Å². The van der Waals surface area contributed by atoms with E-state index in [1.165, 1.54) is 0 Å². The summed E-state index contributed by atoms with van der Waals surface area (Å²) in [5.41, 5.74) is 5.28. The van der Waals surface area contributed by atoms with E-state index in [2.05, 4.69) is 29.4 Å². The zero-order valence-corrected chi connectivity index (χ0v) is 7.77. The number of aryl methyl sites for hydroxylation is 1. The van der Waals surface area contributed by atoms with E-state index in [-0.39, 0.29) is 0 Å². The molecular weight excluding hydrogens is 172 g/mol. The lowest BCUT2D eigenvalue weighted by atomic mass is 10.5. The Morgan fingerprint density at radius 1 is 1.83 bits per heavy atom. The Balaban J connectivity index is 2.56. The third-order valence-electron chi connectivity index (χ3n) is 1.56. The predicted molar refractivity (Wildman–Crippen MR) is 51.5 cm³/mol. The largest absolute Gasteiger partial charge is 0.376 e. The van der Waals surface area contributed by atoms with Gasteiger partial charge in [0.15, 0.2) is 5.11 Å². The van der Waals surface area contributed by atoms with Crippen LogP contribution < -0.4 is 11.1 Å². The molecule has 0 aromatic carbocycles. The van der Waals surface area contributed by atoms with Crippen molar-refractivity contribution in [2.75, 3.05) is 0 Å². The van der Waals surface area contributed by atoms with E-state index in [0.717, 1.165) is 12.4 Å². The normalized spacial score (nSPS) is 9.75. The SMILES string of the molecule is CCn1ccnc1CNC(N)=S. The molecule has 66 valence electrons. The molecule has 0 fully saturated rings. The Kier molecular flexibility index (Phi) is 3.04. The van der Waals surface area contributed by atoms with Crippen LogP contribution in [-0.2, 0) is 13.1 Å². The van der Waals surface area contributed by atoms with Crippen LogP contribution in [0.4, 0.5) is 0 Å². The highest BCUT2D eigenvalue weighted by Gasteiger charge is 1.99. The van der Waals surface area contributed by atoms with Gasteiger partial charge >= 0.3 is 0 Å². The highest BCUT2D eigenvalue weighted by Crippen LogP contribution is 1.95. The summed E-state index contributed by atoms with van der Waals surface area (Å²) in [5, 5.41) is 3.15. The van der Waals surface area contributed by atoms with Gasteiger partial charge in [-0.15, -0.1) is 0 Å². The summed E-state index contributed by atoms with van der Waals surface area (Å²) in [6.07, 6.45) is 3.69. The average Bonchev–Trinajstić information content (AvgIpc) is 2.47. The first-order valence-electron chi connectivity index (χ1n) is 3.77. The van der Waals surface area contributed by atoms with Crippen molar-refractivity contribution in [1.29, 1.82) is 0 Å². The van der Waals surface area contributed by atoms with Gasteiger partial charge in [0.05, 0.1) is 6.54 Å². The Morgan fingerprint density at radius 2 is 2.58 bits per heavy atom. The number of imidazole rings is 1. The highest BCUT2D eigenvalue weighted by molar-refractivity contribution is 7.80. The Hall–Kier alpha value is -1.10. The lowest BCUT2D eigenvalue weighted by Crippen LogP contribution is -2.29. The molecule has 0 saturated carbocycles. The molecule has 5 heteroatoms. The van der Waals surface area contributed by atoms with Crippen molar-refractivity contribution in [3.63, 3.8) is 0 Å². The van der Waals surface area contributed by atoms with E-state index >= 15 is 0 Å². The molecule has 0 bridgehead atoms. The zero-order valence-electron chi connectivity index (χ0n) is 6.95. The van der Waals surface area contributed by atoms with E-state index in [0.29, 0.717) is 11.7 Å². The molecule has 0 unspecified atom stereocenters. The van der Waals surface area contributed by atoms with Crippen LogP contribution in [0.5, 0.6) is 0 Å². The standard InChI is InChI=1S/C7H12N4S/c1-2-11-4-3-9-6(11)5-10-7(8)12/h3-4H,2,5H2,1H3,(H3,8,10,12). The first-order valence-corrected chi connectivity index (χ1v) is 4.18. The molecule has 0 saturated heterocycles. The minimum absolute atomic E-state index is 0.306. The van der Waals surface area contributed by atoms with Crippen LogP contribution >= 0.6 is 12.2 Å². The molecule has 0 spiro atoms. The number of hydrogen-bond donors (Lipinski definition) is 2. The van der Waals surface area contributed by atoms with Gasteiger partial charge in [0.25, 0.3) is 0 Å².